The molecule has 1 aromatic heterocycles. The van der Waals surface area contributed by atoms with Gasteiger partial charge in [-0.2, -0.15) is 5.26 Å². The molecule has 1 N–H and O–H groups in total. The number of aryl methyl sites for hydroxylation is 2. The Labute approximate surface area is 192 Å². The lowest BCUT2D eigenvalue weighted by Gasteiger charge is -2.13. The van der Waals surface area contributed by atoms with Crippen LogP contribution in [0, 0.1) is 25.2 Å². The van der Waals surface area contributed by atoms with Crippen molar-refractivity contribution in [3.05, 3.63) is 71.0 Å². The van der Waals surface area contributed by atoms with Gasteiger partial charge in [-0.1, -0.05) is 28.9 Å². The minimum atomic E-state index is -0.586. The summed E-state index contributed by atoms with van der Waals surface area (Å²) >= 11 is 0. The van der Waals surface area contributed by atoms with Crippen LogP contribution in [-0.2, 0) is 4.79 Å². The first kappa shape index (κ1) is 23.4. The number of nitriles is 1. The molecule has 0 unspecified atom stereocenters. The molecule has 0 saturated carbocycles. The molecule has 2 aromatic carbocycles. The highest BCUT2D eigenvalue weighted by atomic mass is 16.5. The van der Waals surface area contributed by atoms with Crippen LogP contribution in [0.15, 0.2) is 58.6 Å². The molecule has 8 nitrogen and oxygen atoms in total. The van der Waals surface area contributed by atoms with E-state index in [1.54, 1.807) is 31.2 Å². The van der Waals surface area contributed by atoms with Crippen LogP contribution in [0.25, 0.3) is 6.08 Å². The van der Waals surface area contributed by atoms with Crippen molar-refractivity contribution < 1.29 is 23.5 Å². The monoisotopic (exact) mass is 447 g/mol. The van der Waals surface area contributed by atoms with E-state index in [4.69, 9.17) is 18.7 Å². The number of hydrogen-bond donors (Lipinski definition) is 1. The van der Waals surface area contributed by atoms with Gasteiger partial charge in [-0.3, -0.25) is 4.79 Å². The Balaban J connectivity index is 1.65. The molecule has 3 aromatic rings. The van der Waals surface area contributed by atoms with Gasteiger partial charge in [0, 0.05) is 6.07 Å². The lowest BCUT2D eigenvalue weighted by atomic mass is 10.1. The number of benzene rings is 2. The first-order valence-corrected chi connectivity index (χ1v) is 10.4. The normalized spacial score (nSPS) is 10.9. The van der Waals surface area contributed by atoms with E-state index in [9.17, 15) is 10.1 Å². The number of carbonyl (C=O) groups is 1. The number of hydrogen-bond acceptors (Lipinski definition) is 7. The zero-order valence-corrected chi connectivity index (χ0v) is 18.8. The molecule has 1 heterocycles. The standard InChI is InChI=1S/C25H25N3O5/c1-4-30-23-15-19(14-20(16-26)25(29)27-24-13-18(3)33-28-24)7-10-22(23)32-12-11-31-21-8-5-17(2)6-9-21/h5-10,13-15H,4,11-12H2,1-3H3,(H,27,28,29). The van der Waals surface area contributed by atoms with Crippen molar-refractivity contribution in [2.75, 3.05) is 25.1 Å². The highest BCUT2D eigenvalue weighted by Crippen LogP contribution is 2.29. The van der Waals surface area contributed by atoms with Crippen molar-refractivity contribution in [2.24, 2.45) is 0 Å². The first-order valence-electron chi connectivity index (χ1n) is 10.4. The third kappa shape index (κ3) is 6.87. The Bertz CT molecular complexity index is 1160. The number of aromatic nitrogens is 1. The van der Waals surface area contributed by atoms with Gasteiger partial charge in [0.05, 0.1) is 6.61 Å². The molecule has 0 fully saturated rings. The minimum Gasteiger partial charge on any atom is -0.490 e. The zero-order chi connectivity index (χ0) is 23.6. The van der Waals surface area contributed by atoms with E-state index in [2.05, 4.69) is 10.5 Å². The molecule has 0 aliphatic carbocycles. The molecule has 0 spiro atoms. The summed E-state index contributed by atoms with van der Waals surface area (Å²) in [6, 6.07) is 16.4. The molecule has 8 heteroatoms. The number of rotatable bonds is 10. The summed E-state index contributed by atoms with van der Waals surface area (Å²) in [6.45, 7) is 6.71. The molecule has 0 atom stereocenters. The van der Waals surface area contributed by atoms with Crippen molar-refractivity contribution in [3.63, 3.8) is 0 Å². The highest BCUT2D eigenvalue weighted by Gasteiger charge is 2.13. The summed E-state index contributed by atoms with van der Waals surface area (Å²) in [5.41, 5.74) is 1.70. The average molecular weight is 447 g/mol. The maximum Gasteiger partial charge on any atom is 0.267 e. The summed E-state index contributed by atoms with van der Waals surface area (Å²) in [5.74, 6) is 2.03. The van der Waals surface area contributed by atoms with Crippen LogP contribution in [0.1, 0.15) is 23.8 Å². The fraction of sp³-hybridized carbons (Fsp3) is 0.240. The van der Waals surface area contributed by atoms with E-state index in [1.165, 1.54) is 11.6 Å². The SMILES string of the molecule is CCOc1cc(C=C(C#N)C(=O)Nc2cc(C)on2)ccc1OCCOc1ccc(C)cc1. The number of amides is 1. The molecule has 170 valence electrons. The van der Waals surface area contributed by atoms with Crippen LogP contribution in [0.3, 0.4) is 0 Å². The molecule has 0 aliphatic rings. The Morgan fingerprint density at radius 2 is 1.82 bits per heavy atom. The molecule has 0 bridgehead atoms. The second-order valence-electron chi connectivity index (χ2n) is 7.10. The second-order valence-corrected chi connectivity index (χ2v) is 7.10. The quantitative estimate of drug-likeness (QED) is 0.273. The van der Waals surface area contributed by atoms with Crippen molar-refractivity contribution in [1.82, 2.24) is 5.16 Å². The molecular formula is C25H25N3O5. The predicted molar refractivity (Wildman–Crippen MR) is 123 cm³/mol. The molecule has 0 aliphatic heterocycles. The summed E-state index contributed by atoms with van der Waals surface area (Å²) in [4.78, 5) is 12.4. The number of nitrogens with zero attached hydrogens (tertiary/aromatic N) is 2. The Morgan fingerprint density at radius 1 is 1.06 bits per heavy atom. The Hall–Kier alpha value is -4.25. The van der Waals surface area contributed by atoms with E-state index < -0.39 is 5.91 Å². The zero-order valence-electron chi connectivity index (χ0n) is 18.8. The van der Waals surface area contributed by atoms with E-state index in [0.29, 0.717) is 42.6 Å². The summed E-state index contributed by atoms with van der Waals surface area (Å²) < 4.78 is 22.1. The smallest absolute Gasteiger partial charge is 0.267 e. The third-order valence-corrected chi connectivity index (χ3v) is 4.44. The van der Waals surface area contributed by atoms with Crippen LogP contribution in [0.5, 0.6) is 17.2 Å². The fourth-order valence-electron chi connectivity index (χ4n) is 2.87. The van der Waals surface area contributed by atoms with E-state index in [-0.39, 0.29) is 11.4 Å². The van der Waals surface area contributed by atoms with Crippen LogP contribution in [-0.4, -0.2) is 30.9 Å². The molecule has 33 heavy (non-hydrogen) atoms. The molecule has 0 radical (unpaired) electrons. The van der Waals surface area contributed by atoms with Crippen molar-refractivity contribution in [2.45, 2.75) is 20.8 Å². The van der Waals surface area contributed by atoms with Gasteiger partial charge in [-0.25, -0.2) is 0 Å². The predicted octanol–water partition coefficient (Wildman–Crippen LogP) is 4.69. The Morgan fingerprint density at radius 3 is 2.48 bits per heavy atom. The molecular weight excluding hydrogens is 422 g/mol. The second kappa shape index (κ2) is 11.4. The summed E-state index contributed by atoms with van der Waals surface area (Å²) in [7, 11) is 0. The van der Waals surface area contributed by atoms with E-state index in [0.717, 1.165) is 5.75 Å². The van der Waals surface area contributed by atoms with Gasteiger partial charge in [0.25, 0.3) is 5.91 Å². The van der Waals surface area contributed by atoms with E-state index in [1.807, 2.05) is 44.2 Å². The molecule has 1 amide bonds. The summed E-state index contributed by atoms with van der Waals surface area (Å²) in [5, 5.41) is 15.7. The van der Waals surface area contributed by atoms with Crippen molar-refractivity contribution in [1.29, 1.82) is 5.26 Å². The van der Waals surface area contributed by atoms with Gasteiger partial charge in [0.15, 0.2) is 17.3 Å². The molecule has 3 rings (SSSR count). The third-order valence-electron chi connectivity index (χ3n) is 4.44. The lowest BCUT2D eigenvalue weighted by Crippen LogP contribution is -2.13. The lowest BCUT2D eigenvalue weighted by molar-refractivity contribution is -0.112. The summed E-state index contributed by atoms with van der Waals surface area (Å²) in [6.07, 6.45) is 1.47. The first-order chi connectivity index (χ1) is 16.0. The highest BCUT2D eigenvalue weighted by molar-refractivity contribution is 6.09. The van der Waals surface area contributed by atoms with Crippen molar-refractivity contribution >= 4 is 17.8 Å². The van der Waals surface area contributed by atoms with Gasteiger partial charge in [0.1, 0.15) is 36.4 Å². The fourth-order valence-corrected chi connectivity index (χ4v) is 2.87. The number of ether oxygens (including phenoxy) is 3. The van der Waals surface area contributed by atoms with Gasteiger partial charge in [-0.15, -0.1) is 0 Å². The largest absolute Gasteiger partial charge is 0.490 e. The van der Waals surface area contributed by atoms with Crippen LogP contribution >= 0.6 is 0 Å². The number of anilines is 1. The van der Waals surface area contributed by atoms with Gasteiger partial charge in [0.2, 0.25) is 0 Å². The number of carbonyl (C=O) groups excluding carboxylic acids is 1. The maximum absolute atomic E-state index is 12.4. The van der Waals surface area contributed by atoms with E-state index >= 15 is 0 Å². The Kier molecular flexibility index (Phi) is 8.08. The van der Waals surface area contributed by atoms with Gasteiger partial charge in [-0.05, 0) is 56.7 Å². The van der Waals surface area contributed by atoms with Gasteiger partial charge < -0.3 is 24.1 Å². The minimum absolute atomic E-state index is 0.0849. The number of nitrogens with one attached hydrogen (secondary N) is 1. The van der Waals surface area contributed by atoms with Crippen molar-refractivity contribution in [3.8, 4) is 23.3 Å². The van der Waals surface area contributed by atoms with Crippen LogP contribution < -0.4 is 19.5 Å². The molecule has 0 saturated heterocycles. The average Bonchev–Trinajstić information content (AvgIpc) is 3.21. The van der Waals surface area contributed by atoms with Crippen LogP contribution in [0.2, 0.25) is 0 Å². The van der Waals surface area contributed by atoms with Crippen LogP contribution in [0.4, 0.5) is 5.82 Å². The topological polar surface area (TPSA) is 107 Å². The van der Waals surface area contributed by atoms with Gasteiger partial charge >= 0.3 is 0 Å². The maximum atomic E-state index is 12.4.